The van der Waals surface area contributed by atoms with Gasteiger partial charge in [0.1, 0.15) is 11.4 Å². The predicted octanol–water partition coefficient (Wildman–Crippen LogP) is 4.33. The molecular formula is C25H28N2O3. The van der Waals surface area contributed by atoms with E-state index in [1.165, 1.54) is 4.90 Å². The molecule has 0 bridgehead atoms. The lowest BCUT2D eigenvalue weighted by Crippen LogP contribution is -2.38. The monoisotopic (exact) mass is 404 g/mol. The van der Waals surface area contributed by atoms with Crippen LogP contribution in [0.5, 0.6) is 5.75 Å². The summed E-state index contributed by atoms with van der Waals surface area (Å²) in [5.74, 6) is 0.682. The summed E-state index contributed by atoms with van der Waals surface area (Å²) < 4.78 is 5.54. The van der Waals surface area contributed by atoms with Gasteiger partial charge >= 0.3 is 0 Å². The fourth-order valence-corrected chi connectivity index (χ4v) is 4.45. The number of imide groups is 1. The lowest BCUT2D eigenvalue weighted by Gasteiger charge is -2.32. The standard InChI is InChI=1S/C25H28N2O3/c1-16-9-11-26(12-10-16)23-22(20-7-5-6-8-21(20)30-4)24(28)27(25(23)29)19-14-17(2)13-18(3)15-19/h5-8,13-16H,9-12H2,1-4H3. The van der Waals surface area contributed by atoms with Crippen LogP contribution in [0.15, 0.2) is 48.2 Å². The van der Waals surface area contributed by atoms with Crippen molar-refractivity contribution in [2.24, 2.45) is 5.92 Å². The van der Waals surface area contributed by atoms with Gasteiger partial charge in [-0.25, -0.2) is 4.90 Å². The van der Waals surface area contributed by atoms with Gasteiger partial charge in [0.25, 0.3) is 11.8 Å². The largest absolute Gasteiger partial charge is 0.496 e. The van der Waals surface area contributed by atoms with Crippen molar-refractivity contribution in [3.05, 3.63) is 64.9 Å². The lowest BCUT2D eigenvalue weighted by molar-refractivity contribution is -0.120. The highest BCUT2D eigenvalue weighted by atomic mass is 16.5. The van der Waals surface area contributed by atoms with E-state index in [1.54, 1.807) is 7.11 Å². The maximum atomic E-state index is 13.7. The summed E-state index contributed by atoms with van der Waals surface area (Å²) in [5.41, 5.74) is 4.25. The second-order valence-corrected chi connectivity index (χ2v) is 8.39. The molecule has 2 aliphatic heterocycles. The van der Waals surface area contributed by atoms with Gasteiger partial charge < -0.3 is 9.64 Å². The topological polar surface area (TPSA) is 49.9 Å². The van der Waals surface area contributed by atoms with Crippen molar-refractivity contribution in [3.8, 4) is 5.75 Å². The van der Waals surface area contributed by atoms with Crippen LogP contribution in [-0.4, -0.2) is 36.9 Å². The molecule has 0 aliphatic carbocycles. The number of anilines is 1. The normalized spacial score (nSPS) is 17.9. The van der Waals surface area contributed by atoms with Gasteiger partial charge in [-0.05, 0) is 61.9 Å². The summed E-state index contributed by atoms with van der Waals surface area (Å²) in [6, 6.07) is 13.3. The number of amides is 2. The van der Waals surface area contributed by atoms with Crippen molar-refractivity contribution in [1.82, 2.24) is 4.90 Å². The number of hydrogen-bond donors (Lipinski definition) is 0. The highest BCUT2D eigenvalue weighted by Gasteiger charge is 2.43. The van der Waals surface area contributed by atoms with Crippen LogP contribution in [0.25, 0.3) is 5.57 Å². The van der Waals surface area contributed by atoms with E-state index >= 15 is 0 Å². The summed E-state index contributed by atoms with van der Waals surface area (Å²) in [7, 11) is 1.59. The molecule has 1 saturated heterocycles. The van der Waals surface area contributed by atoms with Crippen LogP contribution in [0.1, 0.15) is 36.5 Å². The van der Waals surface area contributed by atoms with Gasteiger partial charge in [0.15, 0.2) is 0 Å². The zero-order valence-corrected chi connectivity index (χ0v) is 18.1. The molecule has 0 unspecified atom stereocenters. The summed E-state index contributed by atoms with van der Waals surface area (Å²) in [6.07, 6.45) is 2.02. The van der Waals surface area contributed by atoms with Gasteiger partial charge in [-0.2, -0.15) is 0 Å². The molecular weight excluding hydrogens is 376 g/mol. The Labute approximate surface area is 177 Å². The number of carbonyl (C=O) groups is 2. The number of rotatable bonds is 4. The molecule has 2 aliphatic rings. The minimum Gasteiger partial charge on any atom is -0.496 e. The molecule has 2 aromatic carbocycles. The number of piperidine rings is 1. The van der Waals surface area contributed by atoms with Crippen LogP contribution in [-0.2, 0) is 9.59 Å². The maximum Gasteiger partial charge on any atom is 0.282 e. The molecule has 2 amide bonds. The number of methoxy groups -OCH3 is 1. The Balaban J connectivity index is 1.86. The minimum atomic E-state index is -0.289. The Bertz CT molecular complexity index is 1010. The molecule has 4 rings (SSSR count). The van der Waals surface area contributed by atoms with E-state index in [1.807, 2.05) is 56.3 Å². The highest BCUT2D eigenvalue weighted by molar-refractivity contribution is 6.45. The zero-order chi connectivity index (χ0) is 21.4. The Kier molecular flexibility index (Phi) is 5.37. The molecule has 1 fully saturated rings. The van der Waals surface area contributed by atoms with Gasteiger partial charge in [0, 0.05) is 18.7 Å². The molecule has 0 atom stereocenters. The van der Waals surface area contributed by atoms with E-state index in [-0.39, 0.29) is 11.8 Å². The number of nitrogens with zero attached hydrogens (tertiary/aromatic N) is 2. The van der Waals surface area contributed by atoms with E-state index in [0.29, 0.717) is 34.2 Å². The Hall–Kier alpha value is -3.08. The zero-order valence-electron chi connectivity index (χ0n) is 18.1. The molecule has 2 heterocycles. The molecule has 0 N–H and O–H groups in total. The third-order valence-corrected chi connectivity index (χ3v) is 6.00. The third-order valence-electron chi connectivity index (χ3n) is 6.00. The first kappa shape index (κ1) is 20.2. The average Bonchev–Trinajstić information content (AvgIpc) is 2.98. The van der Waals surface area contributed by atoms with E-state index in [9.17, 15) is 9.59 Å². The van der Waals surface area contributed by atoms with Crippen molar-refractivity contribution < 1.29 is 14.3 Å². The quantitative estimate of drug-likeness (QED) is 0.712. The number of benzene rings is 2. The molecule has 0 aromatic heterocycles. The van der Waals surface area contributed by atoms with E-state index in [2.05, 4.69) is 11.8 Å². The van der Waals surface area contributed by atoms with Gasteiger partial charge in [-0.3, -0.25) is 9.59 Å². The van der Waals surface area contributed by atoms with Crippen LogP contribution in [0.2, 0.25) is 0 Å². The lowest BCUT2D eigenvalue weighted by atomic mass is 9.97. The second kappa shape index (κ2) is 7.98. The summed E-state index contributed by atoms with van der Waals surface area (Å²) in [4.78, 5) is 30.8. The van der Waals surface area contributed by atoms with Crippen molar-refractivity contribution in [2.45, 2.75) is 33.6 Å². The van der Waals surface area contributed by atoms with Crippen LogP contribution < -0.4 is 9.64 Å². The van der Waals surface area contributed by atoms with Gasteiger partial charge in [-0.15, -0.1) is 0 Å². The number of aryl methyl sites for hydroxylation is 2. The van der Waals surface area contributed by atoms with Crippen LogP contribution in [0.3, 0.4) is 0 Å². The number of carbonyl (C=O) groups excluding carboxylic acids is 2. The average molecular weight is 405 g/mol. The smallest absolute Gasteiger partial charge is 0.282 e. The molecule has 30 heavy (non-hydrogen) atoms. The Morgan fingerprint density at radius 2 is 1.57 bits per heavy atom. The van der Waals surface area contributed by atoms with Crippen LogP contribution in [0, 0.1) is 19.8 Å². The first-order chi connectivity index (χ1) is 14.4. The number of ether oxygens (including phenoxy) is 1. The Morgan fingerprint density at radius 1 is 0.933 bits per heavy atom. The fraction of sp³-hybridized carbons (Fsp3) is 0.360. The third kappa shape index (κ3) is 3.49. The number of likely N-dealkylation sites (tertiary alicyclic amines) is 1. The molecule has 5 heteroatoms. The summed E-state index contributed by atoms with van der Waals surface area (Å²) >= 11 is 0. The van der Waals surface area contributed by atoms with Gasteiger partial charge in [0.2, 0.25) is 0 Å². The van der Waals surface area contributed by atoms with Crippen molar-refractivity contribution in [2.75, 3.05) is 25.1 Å². The van der Waals surface area contributed by atoms with E-state index < -0.39 is 0 Å². The van der Waals surface area contributed by atoms with Crippen molar-refractivity contribution in [3.63, 3.8) is 0 Å². The highest BCUT2D eigenvalue weighted by Crippen LogP contribution is 2.39. The number of para-hydroxylation sites is 1. The first-order valence-corrected chi connectivity index (χ1v) is 10.5. The molecule has 0 radical (unpaired) electrons. The molecule has 156 valence electrons. The second-order valence-electron chi connectivity index (χ2n) is 8.39. The first-order valence-electron chi connectivity index (χ1n) is 10.5. The van der Waals surface area contributed by atoms with Gasteiger partial charge in [-0.1, -0.05) is 31.2 Å². The van der Waals surface area contributed by atoms with Crippen molar-refractivity contribution in [1.29, 1.82) is 0 Å². The number of hydrogen-bond acceptors (Lipinski definition) is 4. The maximum absolute atomic E-state index is 13.7. The minimum absolute atomic E-state index is 0.250. The van der Waals surface area contributed by atoms with E-state index in [0.717, 1.165) is 37.1 Å². The molecule has 0 saturated carbocycles. The predicted molar refractivity (Wildman–Crippen MR) is 118 cm³/mol. The summed E-state index contributed by atoms with van der Waals surface area (Å²) in [5, 5.41) is 0. The van der Waals surface area contributed by atoms with E-state index in [4.69, 9.17) is 4.74 Å². The fourth-order valence-electron chi connectivity index (χ4n) is 4.45. The summed E-state index contributed by atoms with van der Waals surface area (Å²) in [6.45, 7) is 7.73. The Morgan fingerprint density at radius 3 is 2.20 bits per heavy atom. The molecule has 2 aromatic rings. The van der Waals surface area contributed by atoms with Crippen LogP contribution >= 0.6 is 0 Å². The van der Waals surface area contributed by atoms with Crippen LogP contribution in [0.4, 0.5) is 5.69 Å². The van der Waals surface area contributed by atoms with Crippen molar-refractivity contribution >= 4 is 23.1 Å². The SMILES string of the molecule is COc1ccccc1C1=C(N2CCC(C)CC2)C(=O)N(c2cc(C)cc(C)c2)C1=O. The molecule has 5 nitrogen and oxygen atoms in total. The van der Waals surface area contributed by atoms with Gasteiger partial charge in [0.05, 0.1) is 18.4 Å². The molecule has 0 spiro atoms.